The Morgan fingerprint density at radius 1 is 0.816 bits per heavy atom. The molecule has 1 aliphatic heterocycles. The average molecular weight is 505 g/mol. The van der Waals surface area contributed by atoms with E-state index in [9.17, 15) is 0 Å². The van der Waals surface area contributed by atoms with Gasteiger partial charge in [0.15, 0.2) is 0 Å². The van der Waals surface area contributed by atoms with Crippen LogP contribution >= 0.6 is 0 Å². The molecule has 0 fully saturated rings. The van der Waals surface area contributed by atoms with Gasteiger partial charge in [-0.15, -0.1) is 0 Å². The Labute approximate surface area is 226 Å². The molecule has 4 aromatic rings. The van der Waals surface area contributed by atoms with Crippen LogP contribution in [-0.2, 0) is 17.6 Å². The van der Waals surface area contributed by atoms with Crippen LogP contribution in [0.1, 0.15) is 23.1 Å². The van der Waals surface area contributed by atoms with Crippen molar-refractivity contribution >= 4 is 22.1 Å². The third-order valence-electron chi connectivity index (χ3n) is 6.95. The number of aryl methyl sites for hydroxylation is 2. The first kappa shape index (κ1) is 25.9. The SMILES string of the molecule is CN(C)CCCN1c2ccccc2CCc2ccc(C#CCOCCOc3cccc4ccccc34)cc21. The first-order valence-corrected chi connectivity index (χ1v) is 13.5. The van der Waals surface area contributed by atoms with Gasteiger partial charge in [-0.2, -0.15) is 0 Å². The van der Waals surface area contributed by atoms with Crippen LogP contribution in [0, 0.1) is 11.8 Å². The van der Waals surface area contributed by atoms with Crippen LogP contribution < -0.4 is 9.64 Å². The Hall–Kier alpha value is -3.78. The Bertz CT molecular complexity index is 1430. The highest BCUT2D eigenvalue weighted by molar-refractivity contribution is 5.88. The molecule has 4 aromatic carbocycles. The van der Waals surface area contributed by atoms with Crippen LogP contribution in [0.25, 0.3) is 10.8 Å². The molecule has 0 spiro atoms. The zero-order valence-electron chi connectivity index (χ0n) is 22.5. The van der Waals surface area contributed by atoms with Crippen molar-refractivity contribution in [3.63, 3.8) is 0 Å². The molecule has 5 rings (SSSR count). The predicted octanol–water partition coefficient (Wildman–Crippen LogP) is 6.48. The fourth-order valence-corrected chi connectivity index (χ4v) is 5.07. The summed E-state index contributed by atoms with van der Waals surface area (Å²) in [7, 11) is 4.27. The lowest BCUT2D eigenvalue weighted by atomic mass is 10.0. The number of nitrogens with zero attached hydrogens (tertiary/aromatic N) is 2. The molecule has 0 saturated heterocycles. The Balaban J connectivity index is 1.20. The largest absolute Gasteiger partial charge is 0.491 e. The summed E-state index contributed by atoms with van der Waals surface area (Å²) in [6.45, 7) is 3.42. The summed E-state index contributed by atoms with van der Waals surface area (Å²) in [6.07, 6.45) is 3.21. The van der Waals surface area contributed by atoms with Crippen molar-refractivity contribution < 1.29 is 9.47 Å². The standard InChI is InChI=1S/C34H36N2O2/c1-35(2)21-9-22-36-32-15-6-4-12-29(32)19-20-30-18-17-27(26-33(30)36)10-8-23-37-24-25-38-34-16-7-13-28-11-3-5-14-31(28)34/h3-7,11-18,26H,9,19-25H2,1-2H3. The lowest BCUT2D eigenvalue weighted by Crippen LogP contribution is -2.24. The van der Waals surface area contributed by atoms with Crippen molar-refractivity contribution in [2.24, 2.45) is 0 Å². The highest BCUT2D eigenvalue weighted by atomic mass is 16.5. The normalized spacial score (nSPS) is 12.4. The van der Waals surface area contributed by atoms with Crippen molar-refractivity contribution in [2.45, 2.75) is 19.3 Å². The van der Waals surface area contributed by atoms with E-state index in [4.69, 9.17) is 9.47 Å². The molecule has 0 saturated carbocycles. The second-order valence-electron chi connectivity index (χ2n) is 9.96. The van der Waals surface area contributed by atoms with Crippen LogP contribution in [0.15, 0.2) is 84.9 Å². The minimum Gasteiger partial charge on any atom is -0.491 e. The zero-order chi connectivity index (χ0) is 26.2. The molecule has 0 bridgehead atoms. The third-order valence-corrected chi connectivity index (χ3v) is 6.95. The van der Waals surface area contributed by atoms with Crippen molar-refractivity contribution in [3.05, 3.63) is 102 Å². The minimum absolute atomic E-state index is 0.380. The topological polar surface area (TPSA) is 24.9 Å². The molecule has 0 radical (unpaired) electrons. The molecule has 38 heavy (non-hydrogen) atoms. The van der Waals surface area contributed by atoms with Gasteiger partial charge in [0.1, 0.15) is 19.0 Å². The van der Waals surface area contributed by atoms with E-state index in [0.29, 0.717) is 19.8 Å². The summed E-state index contributed by atoms with van der Waals surface area (Å²) in [5.74, 6) is 7.40. The Morgan fingerprint density at radius 3 is 2.50 bits per heavy atom. The molecule has 0 amide bonds. The molecule has 0 atom stereocenters. The maximum absolute atomic E-state index is 5.96. The van der Waals surface area contributed by atoms with Crippen molar-refractivity contribution in [1.82, 2.24) is 4.90 Å². The summed E-state index contributed by atoms with van der Waals surface area (Å²) >= 11 is 0. The monoisotopic (exact) mass is 504 g/mol. The van der Waals surface area contributed by atoms with Gasteiger partial charge >= 0.3 is 0 Å². The quantitative estimate of drug-likeness (QED) is 0.193. The number of hydrogen-bond acceptors (Lipinski definition) is 4. The molecule has 4 heteroatoms. The van der Waals surface area contributed by atoms with E-state index in [-0.39, 0.29) is 0 Å². The summed E-state index contributed by atoms with van der Waals surface area (Å²) in [6, 6.07) is 29.8. The van der Waals surface area contributed by atoms with Crippen LogP contribution in [0.5, 0.6) is 5.75 Å². The fourth-order valence-electron chi connectivity index (χ4n) is 5.07. The lowest BCUT2D eigenvalue weighted by molar-refractivity contribution is 0.125. The van der Waals surface area contributed by atoms with E-state index < -0.39 is 0 Å². The number of hydrogen-bond donors (Lipinski definition) is 0. The van der Waals surface area contributed by atoms with Gasteiger partial charge in [-0.3, -0.25) is 0 Å². The second-order valence-corrected chi connectivity index (χ2v) is 9.96. The van der Waals surface area contributed by atoms with Gasteiger partial charge in [-0.05, 0) is 80.7 Å². The van der Waals surface area contributed by atoms with E-state index in [2.05, 4.69) is 96.4 Å². The molecule has 0 aromatic heterocycles. The Morgan fingerprint density at radius 2 is 1.61 bits per heavy atom. The van der Waals surface area contributed by atoms with Crippen molar-refractivity contribution in [1.29, 1.82) is 0 Å². The molecule has 0 N–H and O–H groups in total. The molecule has 1 aliphatic rings. The summed E-state index contributed by atoms with van der Waals surface area (Å²) < 4.78 is 11.7. The molecule has 0 unspecified atom stereocenters. The van der Waals surface area contributed by atoms with E-state index in [1.807, 2.05) is 24.3 Å². The fraction of sp³-hybridized carbons (Fsp3) is 0.294. The first-order chi connectivity index (χ1) is 18.7. The van der Waals surface area contributed by atoms with Gasteiger partial charge in [0.05, 0.1) is 6.61 Å². The van der Waals surface area contributed by atoms with Crippen LogP contribution in [0.3, 0.4) is 0 Å². The van der Waals surface area contributed by atoms with Crippen LogP contribution in [0.2, 0.25) is 0 Å². The van der Waals surface area contributed by atoms with E-state index in [0.717, 1.165) is 49.1 Å². The molecule has 0 aliphatic carbocycles. The minimum atomic E-state index is 0.380. The summed E-state index contributed by atoms with van der Waals surface area (Å²) in [5, 5.41) is 2.30. The van der Waals surface area contributed by atoms with Gasteiger partial charge < -0.3 is 19.3 Å². The number of rotatable bonds is 9. The number of ether oxygens (including phenoxy) is 2. The van der Waals surface area contributed by atoms with Crippen LogP contribution in [-0.4, -0.2) is 51.9 Å². The zero-order valence-corrected chi connectivity index (χ0v) is 22.5. The maximum Gasteiger partial charge on any atom is 0.127 e. The second kappa shape index (κ2) is 12.6. The van der Waals surface area contributed by atoms with Crippen molar-refractivity contribution in [3.8, 4) is 17.6 Å². The molecular weight excluding hydrogens is 468 g/mol. The van der Waals surface area contributed by atoms with E-state index in [1.165, 1.54) is 27.9 Å². The number of anilines is 2. The number of benzene rings is 4. The van der Waals surface area contributed by atoms with Crippen molar-refractivity contribution in [2.75, 3.05) is 51.9 Å². The van der Waals surface area contributed by atoms with Gasteiger partial charge in [-0.25, -0.2) is 0 Å². The molecule has 4 nitrogen and oxygen atoms in total. The smallest absolute Gasteiger partial charge is 0.127 e. The van der Waals surface area contributed by atoms with Gasteiger partial charge in [0.2, 0.25) is 0 Å². The summed E-state index contributed by atoms with van der Waals surface area (Å²) in [4.78, 5) is 4.74. The Kier molecular flexibility index (Phi) is 8.60. The van der Waals surface area contributed by atoms with E-state index >= 15 is 0 Å². The maximum atomic E-state index is 5.96. The predicted molar refractivity (Wildman–Crippen MR) is 158 cm³/mol. The van der Waals surface area contributed by atoms with Crippen LogP contribution in [0.4, 0.5) is 11.4 Å². The summed E-state index contributed by atoms with van der Waals surface area (Å²) in [5.41, 5.74) is 6.43. The highest BCUT2D eigenvalue weighted by Gasteiger charge is 2.20. The van der Waals surface area contributed by atoms with Gasteiger partial charge in [0, 0.05) is 28.9 Å². The molecule has 1 heterocycles. The van der Waals surface area contributed by atoms with Gasteiger partial charge in [0.25, 0.3) is 0 Å². The highest BCUT2D eigenvalue weighted by Crippen LogP contribution is 2.36. The van der Waals surface area contributed by atoms with E-state index in [1.54, 1.807) is 0 Å². The first-order valence-electron chi connectivity index (χ1n) is 13.5. The molecular formula is C34H36N2O2. The molecule has 194 valence electrons. The average Bonchev–Trinajstić information content (AvgIpc) is 3.09. The number of para-hydroxylation sites is 1. The van der Waals surface area contributed by atoms with Gasteiger partial charge in [-0.1, -0.05) is 72.5 Å². The number of fused-ring (bicyclic) bond motifs is 3. The lowest BCUT2D eigenvalue weighted by Gasteiger charge is -2.28. The third kappa shape index (κ3) is 6.37.